The predicted molar refractivity (Wildman–Crippen MR) is 80.4 cm³/mol. The molecule has 0 bridgehead atoms. The lowest BCUT2D eigenvalue weighted by atomic mass is 9.69. The van der Waals surface area contributed by atoms with Crippen LogP contribution in [0.4, 0.5) is 0 Å². The second-order valence-corrected chi connectivity index (χ2v) is 7.09. The Balaban J connectivity index is 2.42. The van der Waals surface area contributed by atoms with E-state index >= 15 is 0 Å². The molecule has 0 spiro atoms. The average molecular weight is 285 g/mol. The number of amides is 1. The lowest BCUT2D eigenvalue weighted by molar-refractivity contribution is -0.127. The van der Waals surface area contributed by atoms with Crippen molar-refractivity contribution < 1.29 is 14.6 Å². The molecule has 118 valence electrons. The van der Waals surface area contributed by atoms with Crippen molar-refractivity contribution in [1.82, 2.24) is 5.32 Å². The van der Waals surface area contributed by atoms with Gasteiger partial charge >= 0.3 is 0 Å². The first-order chi connectivity index (χ1) is 9.38. The SMILES string of the molecule is COCC(CCO)NC(=O)C1CCC(C(C)(C)C)CC1. The summed E-state index contributed by atoms with van der Waals surface area (Å²) in [7, 11) is 1.62. The number of aliphatic hydroxyl groups is 1. The van der Waals surface area contributed by atoms with Gasteiger partial charge in [-0.3, -0.25) is 4.79 Å². The van der Waals surface area contributed by atoms with Gasteiger partial charge < -0.3 is 15.2 Å². The van der Waals surface area contributed by atoms with Gasteiger partial charge in [0, 0.05) is 19.6 Å². The average Bonchev–Trinajstić information content (AvgIpc) is 2.38. The molecule has 1 atom stereocenters. The van der Waals surface area contributed by atoms with Crippen LogP contribution in [0.3, 0.4) is 0 Å². The van der Waals surface area contributed by atoms with Crippen molar-refractivity contribution in [2.45, 2.75) is 58.9 Å². The van der Waals surface area contributed by atoms with E-state index < -0.39 is 0 Å². The van der Waals surface area contributed by atoms with Gasteiger partial charge in [-0.25, -0.2) is 0 Å². The monoisotopic (exact) mass is 285 g/mol. The highest BCUT2D eigenvalue weighted by Gasteiger charge is 2.32. The molecule has 0 aromatic carbocycles. The molecule has 4 nitrogen and oxygen atoms in total. The van der Waals surface area contributed by atoms with E-state index in [0.29, 0.717) is 18.4 Å². The summed E-state index contributed by atoms with van der Waals surface area (Å²) in [5, 5.41) is 12.0. The van der Waals surface area contributed by atoms with Gasteiger partial charge in [0.2, 0.25) is 5.91 Å². The summed E-state index contributed by atoms with van der Waals surface area (Å²) < 4.78 is 5.08. The number of aliphatic hydroxyl groups excluding tert-OH is 1. The van der Waals surface area contributed by atoms with E-state index in [-0.39, 0.29) is 24.5 Å². The summed E-state index contributed by atoms with van der Waals surface area (Å²) in [6, 6.07) is -0.0714. The zero-order valence-electron chi connectivity index (χ0n) is 13.4. The second kappa shape index (κ2) is 7.99. The van der Waals surface area contributed by atoms with Crippen LogP contribution in [0.5, 0.6) is 0 Å². The zero-order chi connectivity index (χ0) is 15.2. The van der Waals surface area contributed by atoms with E-state index in [9.17, 15) is 4.79 Å². The lowest BCUT2D eigenvalue weighted by Gasteiger charge is -2.36. The topological polar surface area (TPSA) is 58.6 Å². The number of rotatable bonds is 6. The van der Waals surface area contributed by atoms with Gasteiger partial charge in [-0.1, -0.05) is 20.8 Å². The van der Waals surface area contributed by atoms with Crippen molar-refractivity contribution in [2.75, 3.05) is 20.3 Å². The van der Waals surface area contributed by atoms with Gasteiger partial charge in [0.25, 0.3) is 0 Å². The molecule has 1 fully saturated rings. The largest absolute Gasteiger partial charge is 0.396 e. The number of methoxy groups -OCH3 is 1. The summed E-state index contributed by atoms with van der Waals surface area (Å²) in [5.74, 6) is 0.985. The molecular formula is C16H31NO3. The fraction of sp³-hybridized carbons (Fsp3) is 0.938. The first-order valence-corrected chi connectivity index (χ1v) is 7.78. The van der Waals surface area contributed by atoms with Gasteiger partial charge in [0.1, 0.15) is 0 Å². The van der Waals surface area contributed by atoms with Crippen molar-refractivity contribution in [3.63, 3.8) is 0 Å². The minimum absolute atomic E-state index is 0.0714. The summed E-state index contributed by atoms with van der Waals surface area (Å²) in [4.78, 5) is 12.3. The predicted octanol–water partition coefficient (Wildman–Crippen LogP) is 2.35. The van der Waals surface area contributed by atoms with Crippen molar-refractivity contribution in [1.29, 1.82) is 0 Å². The lowest BCUT2D eigenvalue weighted by Crippen LogP contribution is -2.43. The van der Waals surface area contributed by atoms with Crippen LogP contribution < -0.4 is 5.32 Å². The number of carbonyl (C=O) groups excluding carboxylic acids is 1. The minimum atomic E-state index is -0.0714. The maximum atomic E-state index is 12.3. The number of hydrogen-bond donors (Lipinski definition) is 2. The van der Waals surface area contributed by atoms with Gasteiger partial charge in [-0.15, -0.1) is 0 Å². The van der Waals surface area contributed by atoms with E-state index in [1.807, 2.05) is 0 Å². The van der Waals surface area contributed by atoms with E-state index in [1.165, 1.54) is 0 Å². The highest BCUT2D eigenvalue weighted by atomic mass is 16.5. The Bertz CT molecular complexity index is 285. The van der Waals surface area contributed by atoms with Gasteiger partial charge in [-0.05, 0) is 43.4 Å². The van der Waals surface area contributed by atoms with Crippen molar-refractivity contribution in [2.24, 2.45) is 17.3 Å². The molecule has 0 aromatic rings. The Hall–Kier alpha value is -0.610. The number of hydrogen-bond acceptors (Lipinski definition) is 3. The summed E-state index contributed by atoms with van der Waals surface area (Å²) in [5.41, 5.74) is 0.344. The Kier molecular flexibility index (Phi) is 6.96. The molecule has 0 aromatic heterocycles. The molecule has 0 saturated heterocycles. The second-order valence-electron chi connectivity index (χ2n) is 7.09. The van der Waals surface area contributed by atoms with Crippen LogP contribution in [0.2, 0.25) is 0 Å². The third-order valence-corrected chi connectivity index (χ3v) is 4.51. The summed E-state index contributed by atoms with van der Waals surface area (Å²) in [6.45, 7) is 7.39. The van der Waals surface area contributed by atoms with Gasteiger partial charge in [0.15, 0.2) is 0 Å². The van der Waals surface area contributed by atoms with E-state index in [2.05, 4.69) is 26.1 Å². The maximum Gasteiger partial charge on any atom is 0.223 e. The van der Waals surface area contributed by atoms with E-state index in [4.69, 9.17) is 9.84 Å². The van der Waals surface area contributed by atoms with Crippen LogP contribution >= 0.6 is 0 Å². The Labute approximate surface area is 123 Å². The number of nitrogens with one attached hydrogen (secondary N) is 1. The number of ether oxygens (including phenoxy) is 1. The minimum Gasteiger partial charge on any atom is -0.396 e. The fourth-order valence-corrected chi connectivity index (χ4v) is 3.09. The van der Waals surface area contributed by atoms with Crippen LogP contribution in [0.1, 0.15) is 52.9 Å². The molecule has 1 amide bonds. The van der Waals surface area contributed by atoms with Crippen molar-refractivity contribution in [3.8, 4) is 0 Å². The molecule has 2 N–H and O–H groups in total. The smallest absolute Gasteiger partial charge is 0.223 e. The Morgan fingerprint density at radius 1 is 1.30 bits per heavy atom. The van der Waals surface area contributed by atoms with Crippen LogP contribution in [-0.2, 0) is 9.53 Å². The molecule has 1 unspecified atom stereocenters. The van der Waals surface area contributed by atoms with Gasteiger partial charge in [-0.2, -0.15) is 0 Å². The fourth-order valence-electron chi connectivity index (χ4n) is 3.09. The summed E-state index contributed by atoms with van der Waals surface area (Å²) >= 11 is 0. The normalized spacial score (nSPS) is 25.2. The molecule has 20 heavy (non-hydrogen) atoms. The van der Waals surface area contributed by atoms with Crippen molar-refractivity contribution in [3.05, 3.63) is 0 Å². The molecule has 4 heteroatoms. The molecule has 1 saturated carbocycles. The summed E-state index contributed by atoms with van der Waals surface area (Å²) in [6.07, 6.45) is 4.78. The highest BCUT2D eigenvalue weighted by Crippen LogP contribution is 2.39. The molecule has 0 aliphatic heterocycles. The molecular weight excluding hydrogens is 254 g/mol. The van der Waals surface area contributed by atoms with Crippen molar-refractivity contribution >= 4 is 5.91 Å². The highest BCUT2D eigenvalue weighted by molar-refractivity contribution is 5.79. The molecule has 0 heterocycles. The van der Waals surface area contributed by atoms with Crippen LogP contribution in [0.25, 0.3) is 0 Å². The third-order valence-electron chi connectivity index (χ3n) is 4.51. The zero-order valence-corrected chi connectivity index (χ0v) is 13.4. The molecule has 1 aliphatic rings. The van der Waals surface area contributed by atoms with Crippen LogP contribution in [0.15, 0.2) is 0 Å². The molecule has 1 rings (SSSR count). The molecule has 1 aliphatic carbocycles. The van der Waals surface area contributed by atoms with Crippen LogP contribution in [0, 0.1) is 17.3 Å². The maximum absolute atomic E-state index is 12.3. The quantitative estimate of drug-likeness (QED) is 0.787. The van der Waals surface area contributed by atoms with E-state index in [0.717, 1.165) is 31.6 Å². The first kappa shape index (κ1) is 17.4. The Morgan fingerprint density at radius 2 is 1.90 bits per heavy atom. The standard InChI is InChI=1S/C16H31NO3/c1-16(2,3)13-7-5-12(6-8-13)15(19)17-14(9-10-18)11-20-4/h12-14,18H,5-11H2,1-4H3,(H,17,19). The van der Waals surface area contributed by atoms with Crippen LogP contribution in [-0.4, -0.2) is 37.4 Å². The van der Waals surface area contributed by atoms with E-state index in [1.54, 1.807) is 7.11 Å². The molecule has 0 radical (unpaired) electrons. The number of carbonyl (C=O) groups is 1. The first-order valence-electron chi connectivity index (χ1n) is 7.78. The third kappa shape index (κ3) is 5.41. The van der Waals surface area contributed by atoms with Gasteiger partial charge in [0.05, 0.1) is 12.6 Å². The Morgan fingerprint density at radius 3 is 2.35 bits per heavy atom.